The first-order valence-corrected chi connectivity index (χ1v) is 4.40. The van der Waals surface area contributed by atoms with E-state index >= 15 is 0 Å². The molecule has 0 amide bonds. The zero-order valence-electron chi connectivity index (χ0n) is 8.96. The highest BCUT2D eigenvalue weighted by molar-refractivity contribution is 5.57. The number of ether oxygens (including phenoxy) is 1. The van der Waals surface area contributed by atoms with Crippen molar-refractivity contribution < 1.29 is 9.84 Å². The number of methoxy groups -OCH3 is 1. The van der Waals surface area contributed by atoms with Crippen molar-refractivity contribution in [2.75, 3.05) is 12.8 Å². The number of rotatable bonds is 2. The predicted octanol–water partition coefficient (Wildman–Crippen LogP) is 1.21. The minimum absolute atomic E-state index is 0.363. The van der Waals surface area contributed by atoms with Crippen molar-refractivity contribution >= 4 is 5.69 Å². The Labute approximate surface area is 83.7 Å². The molecule has 1 heterocycles. The lowest BCUT2D eigenvalue weighted by Gasteiger charge is -2.21. The normalized spacial score (nSPS) is 11.5. The van der Waals surface area contributed by atoms with Crippen LogP contribution in [0.5, 0.6) is 5.88 Å². The third-order valence-electron chi connectivity index (χ3n) is 2.00. The van der Waals surface area contributed by atoms with Crippen molar-refractivity contribution in [3.05, 3.63) is 17.3 Å². The third kappa shape index (κ3) is 1.96. The molecule has 0 radical (unpaired) electrons. The van der Waals surface area contributed by atoms with Gasteiger partial charge in [0.2, 0.25) is 5.88 Å². The van der Waals surface area contributed by atoms with Gasteiger partial charge in [0.05, 0.1) is 12.7 Å². The van der Waals surface area contributed by atoms with E-state index in [0.717, 1.165) is 5.69 Å². The molecule has 14 heavy (non-hydrogen) atoms. The molecule has 1 aromatic heterocycles. The topological polar surface area (TPSA) is 68.4 Å². The molecule has 0 spiro atoms. The van der Waals surface area contributed by atoms with E-state index in [4.69, 9.17) is 10.5 Å². The highest BCUT2D eigenvalue weighted by Gasteiger charge is 2.22. The number of hydrogen-bond acceptors (Lipinski definition) is 4. The largest absolute Gasteiger partial charge is 0.480 e. The molecule has 4 heteroatoms. The summed E-state index contributed by atoms with van der Waals surface area (Å²) in [5.74, 6) is 0.363. The van der Waals surface area contributed by atoms with Crippen LogP contribution in [0.25, 0.3) is 0 Å². The first-order chi connectivity index (χ1) is 6.36. The molecule has 4 nitrogen and oxygen atoms in total. The van der Waals surface area contributed by atoms with Gasteiger partial charge in [-0.2, -0.15) is 0 Å². The van der Waals surface area contributed by atoms with Gasteiger partial charge in [-0.05, 0) is 26.8 Å². The van der Waals surface area contributed by atoms with Gasteiger partial charge < -0.3 is 15.6 Å². The summed E-state index contributed by atoms with van der Waals surface area (Å²) < 4.78 is 5.01. The Morgan fingerprint density at radius 3 is 2.50 bits per heavy atom. The lowest BCUT2D eigenvalue weighted by atomic mass is 9.97. The predicted molar refractivity (Wildman–Crippen MR) is 55.2 cm³/mol. The molecule has 0 saturated heterocycles. The van der Waals surface area contributed by atoms with E-state index in [1.54, 1.807) is 19.9 Å². The highest BCUT2D eigenvalue weighted by Crippen LogP contribution is 2.31. The van der Waals surface area contributed by atoms with E-state index in [1.165, 1.54) is 7.11 Å². The maximum absolute atomic E-state index is 9.85. The fraction of sp³-hybridized carbons (Fsp3) is 0.500. The van der Waals surface area contributed by atoms with Gasteiger partial charge in [-0.1, -0.05) is 0 Å². The van der Waals surface area contributed by atoms with Crippen molar-refractivity contribution in [3.8, 4) is 5.88 Å². The second kappa shape index (κ2) is 3.46. The van der Waals surface area contributed by atoms with Gasteiger partial charge in [0, 0.05) is 11.3 Å². The fourth-order valence-electron chi connectivity index (χ4n) is 1.32. The smallest absolute Gasteiger partial charge is 0.237 e. The van der Waals surface area contributed by atoms with E-state index in [-0.39, 0.29) is 0 Å². The number of anilines is 1. The summed E-state index contributed by atoms with van der Waals surface area (Å²) in [4.78, 5) is 4.11. The molecule has 1 aromatic rings. The lowest BCUT2D eigenvalue weighted by molar-refractivity contribution is 0.0790. The summed E-state index contributed by atoms with van der Waals surface area (Å²) in [6, 6.07) is 1.76. The molecule has 0 atom stereocenters. The Balaban J connectivity index is 3.37. The van der Waals surface area contributed by atoms with E-state index in [9.17, 15) is 5.11 Å². The second-order valence-corrected chi connectivity index (χ2v) is 3.79. The van der Waals surface area contributed by atoms with Gasteiger partial charge in [0.25, 0.3) is 0 Å². The fourth-order valence-corrected chi connectivity index (χ4v) is 1.32. The third-order valence-corrected chi connectivity index (χ3v) is 2.00. The molecule has 0 fully saturated rings. The Kier molecular flexibility index (Phi) is 2.66. The van der Waals surface area contributed by atoms with Crippen LogP contribution >= 0.6 is 0 Å². The van der Waals surface area contributed by atoms with Gasteiger partial charge in [-0.3, -0.25) is 0 Å². The van der Waals surface area contributed by atoms with E-state index in [2.05, 4.69) is 4.98 Å². The summed E-state index contributed by atoms with van der Waals surface area (Å²) in [6.45, 7) is 5.19. The average molecular weight is 196 g/mol. The number of nitrogens with zero attached hydrogens (tertiary/aromatic N) is 1. The van der Waals surface area contributed by atoms with Crippen LogP contribution in [0.2, 0.25) is 0 Å². The van der Waals surface area contributed by atoms with Crippen LogP contribution in [0.3, 0.4) is 0 Å². The Bertz CT molecular complexity index is 343. The van der Waals surface area contributed by atoms with Gasteiger partial charge in [0.15, 0.2) is 0 Å². The molecule has 1 rings (SSSR count). The average Bonchev–Trinajstić information content (AvgIpc) is 2.06. The first kappa shape index (κ1) is 10.8. The molecular formula is C10H16N2O2. The van der Waals surface area contributed by atoms with E-state index in [1.807, 2.05) is 6.92 Å². The number of aromatic nitrogens is 1. The van der Waals surface area contributed by atoms with Gasteiger partial charge in [0.1, 0.15) is 5.69 Å². The zero-order chi connectivity index (χ0) is 10.9. The summed E-state index contributed by atoms with van der Waals surface area (Å²) >= 11 is 0. The SMILES string of the molecule is COc1nc(C)cc(C(C)(C)O)c1N. The van der Waals surface area contributed by atoms with Crippen molar-refractivity contribution in [2.45, 2.75) is 26.4 Å². The standard InChI is InChI=1S/C10H16N2O2/c1-6-5-7(10(2,3)13)8(11)9(12-6)14-4/h5,13H,11H2,1-4H3. The molecular weight excluding hydrogens is 180 g/mol. The quantitative estimate of drug-likeness (QED) is 0.746. The zero-order valence-corrected chi connectivity index (χ0v) is 8.96. The summed E-state index contributed by atoms with van der Waals surface area (Å²) in [5.41, 5.74) is 6.63. The highest BCUT2D eigenvalue weighted by atomic mass is 16.5. The van der Waals surface area contributed by atoms with Gasteiger partial charge in [-0.25, -0.2) is 4.98 Å². The molecule has 0 saturated carbocycles. The number of nitrogen functional groups attached to an aromatic ring is 1. The summed E-state index contributed by atoms with van der Waals surface area (Å²) in [7, 11) is 1.51. The molecule has 3 N–H and O–H groups in total. The number of aliphatic hydroxyl groups is 1. The Morgan fingerprint density at radius 1 is 1.50 bits per heavy atom. The van der Waals surface area contributed by atoms with Crippen molar-refractivity contribution in [3.63, 3.8) is 0 Å². The van der Waals surface area contributed by atoms with Crippen LogP contribution in [0.4, 0.5) is 5.69 Å². The Hall–Kier alpha value is -1.29. The minimum Gasteiger partial charge on any atom is -0.480 e. The van der Waals surface area contributed by atoms with Crippen LogP contribution < -0.4 is 10.5 Å². The van der Waals surface area contributed by atoms with E-state index < -0.39 is 5.60 Å². The van der Waals surface area contributed by atoms with Crippen LogP contribution in [0, 0.1) is 6.92 Å². The van der Waals surface area contributed by atoms with Crippen molar-refractivity contribution in [1.82, 2.24) is 4.98 Å². The Morgan fingerprint density at radius 2 is 2.07 bits per heavy atom. The van der Waals surface area contributed by atoms with Crippen LogP contribution in [-0.2, 0) is 5.60 Å². The lowest BCUT2D eigenvalue weighted by Crippen LogP contribution is -2.19. The van der Waals surface area contributed by atoms with Gasteiger partial charge in [-0.15, -0.1) is 0 Å². The number of aryl methyl sites for hydroxylation is 1. The van der Waals surface area contributed by atoms with Crippen LogP contribution in [-0.4, -0.2) is 17.2 Å². The molecule has 78 valence electrons. The second-order valence-electron chi connectivity index (χ2n) is 3.79. The molecule has 0 aromatic carbocycles. The minimum atomic E-state index is -0.981. The van der Waals surface area contributed by atoms with Crippen molar-refractivity contribution in [1.29, 1.82) is 0 Å². The maximum Gasteiger partial charge on any atom is 0.237 e. The maximum atomic E-state index is 9.85. The van der Waals surface area contributed by atoms with Crippen LogP contribution in [0.15, 0.2) is 6.07 Å². The van der Waals surface area contributed by atoms with Crippen LogP contribution in [0.1, 0.15) is 25.1 Å². The first-order valence-electron chi connectivity index (χ1n) is 4.40. The number of pyridine rings is 1. The molecule has 0 aliphatic heterocycles. The van der Waals surface area contributed by atoms with E-state index in [0.29, 0.717) is 17.1 Å². The monoisotopic (exact) mass is 196 g/mol. The van der Waals surface area contributed by atoms with Crippen molar-refractivity contribution in [2.24, 2.45) is 0 Å². The number of nitrogens with two attached hydrogens (primary N) is 1. The summed E-state index contributed by atoms with van der Waals surface area (Å²) in [6.07, 6.45) is 0. The molecule has 0 unspecified atom stereocenters. The summed E-state index contributed by atoms with van der Waals surface area (Å²) in [5, 5.41) is 9.85. The molecule has 0 bridgehead atoms. The number of hydrogen-bond donors (Lipinski definition) is 2. The molecule has 0 aliphatic rings. The van der Waals surface area contributed by atoms with Gasteiger partial charge >= 0.3 is 0 Å². The molecule has 0 aliphatic carbocycles.